The Bertz CT molecular complexity index is 968. The van der Waals surface area contributed by atoms with Crippen molar-refractivity contribution < 1.29 is 9.84 Å². The van der Waals surface area contributed by atoms with Crippen molar-refractivity contribution in [2.24, 2.45) is 17.8 Å². The Morgan fingerprint density at radius 3 is 2.87 bits per heavy atom. The number of aliphatic hydroxyl groups is 1. The first-order chi connectivity index (χ1) is 15.0. The highest BCUT2D eigenvalue weighted by Crippen LogP contribution is 2.46. The predicted molar refractivity (Wildman–Crippen MR) is 122 cm³/mol. The summed E-state index contributed by atoms with van der Waals surface area (Å²) < 4.78 is 5.86. The van der Waals surface area contributed by atoms with Crippen LogP contribution in [0.4, 0.5) is 0 Å². The van der Waals surface area contributed by atoms with Crippen LogP contribution in [-0.4, -0.2) is 40.6 Å². The topological polar surface area (TPSA) is 91.1 Å². The molecular weight excluding hydrogens is 408 g/mol. The van der Waals surface area contributed by atoms with E-state index < -0.39 is 0 Å². The van der Waals surface area contributed by atoms with Gasteiger partial charge in [-0.05, 0) is 49.8 Å². The Morgan fingerprint density at radius 2 is 2.13 bits per heavy atom. The summed E-state index contributed by atoms with van der Waals surface area (Å²) in [4.78, 5) is 0. The number of rotatable bonds is 7. The zero-order valence-corrected chi connectivity index (χ0v) is 19.1. The van der Waals surface area contributed by atoms with Gasteiger partial charge in [-0.1, -0.05) is 42.6 Å². The van der Waals surface area contributed by atoms with Gasteiger partial charge in [0.25, 0.3) is 0 Å². The molecule has 1 fully saturated rings. The van der Waals surface area contributed by atoms with Crippen molar-refractivity contribution in [2.75, 3.05) is 13.2 Å². The van der Waals surface area contributed by atoms with Crippen molar-refractivity contribution in [1.29, 1.82) is 5.26 Å². The van der Waals surface area contributed by atoms with Gasteiger partial charge < -0.3 is 15.2 Å². The van der Waals surface area contributed by atoms with E-state index in [1.165, 1.54) is 5.57 Å². The minimum atomic E-state index is -0.313. The molecule has 0 bridgehead atoms. The molecule has 1 aromatic rings. The minimum absolute atomic E-state index is 0.000414. The van der Waals surface area contributed by atoms with E-state index in [-0.39, 0.29) is 30.5 Å². The Labute approximate surface area is 188 Å². The molecule has 1 saturated carbocycles. The van der Waals surface area contributed by atoms with E-state index in [1.54, 1.807) is 11.3 Å². The summed E-state index contributed by atoms with van der Waals surface area (Å²) in [6.45, 7) is 6.79. The maximum Gasteiger partial charge on any atom is 0.144 e. The molecule has 4 rings (SSSR count). The van der Waals surface area contributed by atoms with Crippen molar-refractivity contribution in [3.63, 3.8) is 0 Å². The third kappa shape index (κ3) is 4.38. The number of hydrogen-bond acceptors (Lipinski definition) is 7. The molecule has 0 aromatic carbocycles. The average molecular weight is 439 g/mol. The number of aromatic nitrogens is 2. The number of ether oxygens (including phenoxy) is 1. The Balaban J connectivity index is 1.55. The van der Waals surface area contributed by atoms with E-state index >= 15 is 0 Å². The average Bonchev–Trinajstić information content (AvgIpc) is 3.39. The van der Waals surface area contributed by atoms with Crippen molar-refractivity contribution in [1.82, 2.24) is 15.5 Å². The summed E-state index contributed by atoms with van der Waals surface area (Å²) in [5.74, 6) is 1.08. The molecule has 7 heteroatoms. The Hall–Kier alpha value is -2.27. The van der Waals surface area contributed by atoms with E-state index in [1.807, 2.05) is 26.0 Å². The second kappa shape index (κ2) is 9.47. The molecule has 5 atom stereocenters. The van der Waals surface area contributed by atoms with Crippen LogP contribution in [-0.2, 0) is 4.74 Å². The smallest absolute Gasteiger partial charge is 0.144 e. The van der Waals surface area contributed by atoms with Crippen LogP contribution in [0.3, 0.4) is 0 Å². The molecule has 31 heavy (non-hydrogen) atoms. The lowest BCUT2D eigenvalue weighted by molar-refractivity contribution is 0.123. The van der Waals surface area contributed by atoms with Crippen molar-refractivity contribution in [2.45, 2.75) is 51.7 Å². The van der Waals surface area contributed by atoms with E-state index in [0.29, 0.717) is 18.5 Å². The van der Waals surface area contributed by atoms with Crippen LogP contribution in [0.15, 0.2) is 41.7 Å². The summed E-state index contributed by atoms with van der Waals surface area (Å²) in [6.07, 6.45) is 12.8. The number of allylic oxidation sites excluding steroid dienone is 7. The van der Waals surface area contributed by atoms with Crippen LogP contribution in [0.5, 0.6) is 0 Å². The number of nitriles is 1. The highest BCUT2D eigenvalue weighted by molar-refractivity contribution is 7.12. The van der Waals surface area contributed by atoms with E-state index in [2.05, 4.69) is 46.7 Å². The molecule has 6 nitrogen and oxygen atoms in total. The molecule has 3 unspecified atom stereocenters. The van der Waals surface area contributed by atoms with Crippen LogP contribution in [0.2, 0.25) is 0 Å². The first-order valence-corrected chi connectivity index (χ1v) is 11.9. The normalized spacial score (nSPS) is 29.8. The van der Waals surface area contributed by atoms with Gasteiger partial charge in [0.15, 0.2) is 0 Å². The van der Waals surface area contributed by atoms with Gasteiger partial charge in [-0.2, -0.15) is 5.26 Å². The Kier molecular flexibility index (Phi) is 6.71. The number of aliphatic hydroxyl groups excluding tert-OH is 1. The van der Waals surface area contributed by atoms with Crippen LogP contribution >= 0.6 is 11.3 Å². The number of nitrogens with one attached hydrogen (secondary N) is 1. The van der Waals surface area contributed by atoms with E-state index in [0.717, 1.165) is 34.2 Å². The fourth-order valence-electron chi connectivity index (χ4n) is 4.86. The van der Waals surface area contributed by atoms with Crippen LogP contribution in [0.1, 0.15) is 49.5 Å². The zero-order chi connectivity index (χ0) is 22.0. The molecule has 0 aliphatic heterocycles. The number of nitrogens with zero attached hydrogens (tertiary/aromatic N) is 3. The third-order valence-corrected chi connectivity index (χ3v) is 7.42. The molecule has 0 amide bonds. The highest BCUT2D eigenvalue weighted by atomic mass is 32.1. The standard InChI is InChI=1S/C24H30N4O2S/c1-14(2)30-22-10-8-16(15(3)20(22)13-25)23-27-28-24(31-23)19-6-4-5-18-17(19)7-9-21(18)26-11-12-29/h4-6,8,10,14-15,17,19-21,26,29H,7,9,11-12H2,1-3H3/t15?,17-,19?,20?,21+/m1/s1. The molecule has 164 valence electrons. The molecule has 1 aromatic heterocycles. The van der Waals surface area contributed by atoms with Gasteiger partial charge >= 0.3 is 0 Å². The third-order valence-electron chi connectivity index (χ3n) is 6.35. The van der Waals surface area contributed by atoms with Crippen molar-refractivity contribution >= 4 is 16.9 Å². The summed E-state index contributed by atoms with van der Waals surface area (Å²) >= 11 is 1.64. The molecule has 1 heterocycles. The highest BCUT2D eigenvalue weighted by Gasteiger charge is 2.38. The maximum atomic E-state index is 9.74. The summed E-state index contributed by atoms with van der Waals surface area (Å²) in [6, 6.07) is 2.74. The number of fused-ring (bicyclic) bond motifs is 1. The number of hydrogen-bond donors (Lipinski definition) is 2. The molecule has 3 aliphatic rings. The summed E-state index contributed by atoms with van der Waals surface area (Å²) in [5, 5.41) is 33.3. The van der Waals surface area contributed by atoms with Gasteiger partial charge in [0, 0.05) is 24.4 Å². The van der Waals surface area contributed by atoms with Crippen LogP contribution in [0.25, 0.3) is 5.57 Å². The van der Waals surface area contributed by atoms with E-state index in [4.69, 9.17) is 9.84 Å². The molecular formula is C24H30N4O2S. The SMILES string of the molecule is CC(C)OC1=CC=C(c2nnc(C3C=CC=C4[C@@H](NCCO)CC[C@H]43)s2)C(C)C1C#N. The van der Waals surface area contributed by atoms with Gasteiger partial charge in [0.2, 0.25) is 0 Å². The second-order valence-corrected chi connectivity index (χ2v) is 9.70. The van der Waals surface area contributed by atoms with Crippen LogP contribution < -0.4 is 5.32 Å². The quantitative estimate of drug-likeness (QED) is 0.670. The fraction of sp³-hybridized carbons (Fsp3) is 0.542. The van der Waals surface area contributed by atoms with Gasteiger partial charge in [-0.25, -0.2) is 0 Å². The van der Waals surface area contributed by atoms with Gasteiger partial charge in [-0.3, -0.25) is 0 Å². The predicted octanol–water partition coefficient (Wildman–Crippen LogP) is 3.96. The molecule has 0 spiro atoms. The summed E-state index contributed by atoms with van der Waals surface area (Å²) in [5.41, 5.74) is 2.46. The van der Waals surface area contributed by atoms with Crippen molar-refractivity contribution in [3.8, 4) is 6.07 Å². The monoisotopic (exact) mass is 438 g/mol. The minimum Gasteiger partial charge on any atom is -0.494 e. The van der Waals surface area contributed by atoms with Crippen LogP contribution in [0, 0.1) is 29.1 Å². The molecule has 2 N–H and O–H groups in total. The lowest BCUT2D eigenvalue weighted by Crippen LogP contribution is -2.31. The maximum absolute atomic E-state index is 9.74. The van der Waals surface area contributed by atoms with Gasteiger partial charge in [0.05, 0.1) is 18.8 Å². The Morgan fingerprint density at radius 1 is 1.29 bits per heavy atom. The molecule has 0 radical (unpaired) electrons. The zero-order valence-electron chi connectivity index (χ0n) is 18.3. The first kappa shape index (κ1) is 21.9. The molecule has 3 aliphatic carbocycles. The molecule has 0 saturated heterocycles. The first-order valence-electron chi connectivity index (χ1n) is 11.1. The van der Waals surface area contributed by atoms with Gasteiger partial charge in [0.1, 0.15) is 21.7 Å². The van der Waals surface area contributed by atoms with Crippen molar-refractivity contribution in [3.05, 3.63) is 51.7 Å². The van der Waals surface area contributed by atoms with Gasteiger partial charge in [-0.15, -0.1) is 10.2 Å². The second-order valence-electron chi connectivity index (χ2n) is 8.69. The largest absolute Gasteiger partial charge is 0.494 e. The van der Waals surface area contributed by atoms with E-state index in [9.17, 15) is 5.26 Å². The fourth-order valence-corrected chi connectivity index (χ4v) is 5.98. The lowest BCUT2D eigenvalue weighted by atomic mass is 9.83. The lowest BCUT2D eigenvalue weighted by Gasteiger charge is -2.27. The summed E-state index contributed by atoms with van der Waals surface area (Å²) in [7, 11) is 0.